The van der Waals surface area contributed by atoms with E-state index in [4.69, 9.17) is 0 Å². The molecule has 2 fully saturated rings. The number of benzene rings is 1. The fourth-order valence-corrected chi connectivity index (χ4v) is 3.10. The van der Waals surface area contributed by atoms with Gasteiger partial charge in [-0.1, -0.05) is 12.1 Å². The highest BCUT2D eigenvalue weighted by molar-refractivity contribution is 6.03. The van der Waals surface area contributed by atoms with Gasteiger partial charge in [0.25, 0.3) is 5.91 Å². The van der Waals surface area contributed by atoms with E-state index in [1.165, 1.54) is 0 Å². The molecule has 8 heteroatoms. The van der Waals surface area contributed by atoms with Gasteiger partial charge in [-0.25, -0.2) is 0 Å². The number of rotatable bonds is 5. The van der Waals surface area contributed by atoms with Crippen molar-refractivity contribution < 1.29 is 19.5 Å². The van der Waals surface area contributed by atoms with Gasteiger partial charge in [0.1, 0.15) is 0 Å². The summed E-state index contributed by atoms with van der Waals surface area (Å²) >= 11 is 0. The molecule has 4 N–H and O–H groups in total. The fraction of sp³-hybridized carbons (Fsp3) is 0.471. The van der Waals surface area contributed by atoms with Crippen molar-refractivity contribution in [3.63, 3.8) is 0 Å². The lowest BCUT2D eigenvalue weighted by molar-refractivity contribution is -0.125. The smallest absolute Gasteiger partial charge is 0.251 e. The summed E-state index contributed by atoms with van der Waals surface area (Å²) in [5.74, 6) is -0.940. The number of halogens is 1. The molecule has 2 heterocycles. The standard InChI is InChI=1S/C17H21N3O4.ClH/c21-14-9-18-7-13(14)8-19-16(23)11-3-1-10(2-4-11)5-12-6-15(22)20-17(12)24;/h1-4,12-14,18,21H,5-9H2,(H,19,23)(H,20,22,24);1H. The third kappa shape index (κ3) is 4.78. The molecule has 0 aromatic heterocycles. The predicted octanol–water partition coefficient (Wildman–Crippen LogP) is -0.376. The zero-order valence-electron chi connectivity index (χ0n) is 13.7. The van der Waals surface area contributed by atoms with E-state index in [0.717, 1.165) is 5.56 Å². The number of nitrogens with one attached hydrogen (secondary N) is 3. The normalized spacial score (nSPS) is 25.4. The van der Waals surface area contributed by atoms with E-state index in [1.807, 2.05) is 0 Å². The van der Waals surface area contributed by atoms with Crippen molar-refractivity contribution >= 4 is 30.1 Å². The second-order valence-corrected chi connectivity index (χ2v) is 6.41. The van der Waals surface area contributed by atoms with Gasteiger partial charge in [-0.15, -0.1) is 12.4 Å². The van der Waals surface area contributed by atoms with E-state index < -0.39 is 6.10 Å². The summed E-state index contributed by atoms with van der Waals surface area (Å²) in [6, 6.07) is 7.03. The number of imide groups is 1. The van der Waals surface area contributed by atoms with Crippen molar-refractivity contribution in [3.05, 3.63) is 35.4 Å². The average Bonchev–Trinajstić information content (AvgIpc) is 3.11. The van der Waals surface area contributed by atoms with E-state index >= 15 is 0 Å². The molecule has 0 bridgehead atoms. The molecular weight excluding hydrogens is 346 g/mol. The van der Waals surface area contributed by atoms with E-state index in [1.54, 1.807) is 24.3 Å². The maximum atomic E-state index is 12.1. The summed E-state index contributed by atoms with van der Waals surface area (Å²) in [7, 11) is 0. The number of aliphatic hydroxyl groups is 1. The van der Waals surface area contributed by atoms with Gasteiger partial charge >= 0.3 is 0 Å². The molecule has 7 nitrogen and oxygen atoms in total. The SMILES string of the molecule is Cl.O=C1CC(Cc2ccc(C(=O)NCC3CNCC3O)cc2)C(=O)N1. The van der Waals surface area contributed by atoms with E-state index in [2.05, 4.69) is 16.0 Å². The first-order chi connectivity index (χ1) is 11.5. The molecule has 2 aliphatic heterocycles. The molecule has 0 radical (unpaired) electrons. The van der Waals surface area contributed by atoms with Gasteiger partial charge in [0, 0.05) is 37.5 Å². The lowest BCUT2D eigenvalue weighted by Gasteiger charge is -2.14. The van der Waals surface area contributed by atoms with Crippen molar-refractivity contribution in [2.24, 2.45) is 11.8 Å². The number of aliphatic hydroxyl groups excluding tert-OH is 1. The molecule has 3 atom stereocenters. The van der Waals surface area contributed by atoms with Gasteiger partial charge in [-0.3, -0.25) is 19.7 Å². The van der Waals surface area contributed by atoms with Crippen LogP contribution in [-0.2, 0) is 16.0 Å². The van der Waals surface area contributed by atoms with Gasteiger partial charge < -0.3 is 15.7 Å². The summed E-state index contributed by atoms with van der Waals surface area (Å²) < 4.78 is 0. The molecule has 3 amide bonds. The van der Waals surface area contributed by atoms with Crippen LogP contribution in [0.3, 0.4) is 0 Å². The lowest BCUT2D eigenvalue weighted by Crippen LogP contribution is -2.34. The van der Waals surface area contributed by atoms with Gasteiger partial charge in [0.2, 0.25) is 11.8 Å². The fourth-order valence-electron chi connectivity index (χ4n) is 3.10. The number of hydrogen-bond acceptors (Lipinski definition) is 5. The van der Waals surface area contributed by atoms with Crippen LogP contribution < -0.4 is 16.0 Å². The Kier molecular flexibility index (Phi) is 6.52. The number of carbonyl (C=O) groups excluding carboxylic acids is 3. The minimum Gasteiger partial charge on any atom is -0.391 e. The summed E-state index contributed by atoms with van der Waals surface area (Å²) in [4.78, 5) is 34.9. The van der Waals surface area contributed by atoms with E-state index in [-0.39, 0.29) is 48.4 Å². The molecule has 25 heavy (non-hydrogen) atoms. The van der Waals surface area contributed by atoms with Gasteiger partial charge in [0.15, 0.2) is 0 Å². The second kappa shape index (κ2) is 8.42. The molecule has 2 saturated heterocycles. The molecule has 2 aliphatic rings. The lowest BCUT2D eigenvalue weighted by atomic mass is 9.97. The van der Waals surface area contributed by atoms with Crippen LogP contribution in [0.15, 0.2) is 24.3 Å². The predicted molar refractivity (Wildman–Crippen MR) is 93.4 cm³/mol. The average molecular weight is 368 g/mol. The van der Waals surface area contributed by atoms with E-state index in [9.17, 15) is 19.5 Å². The molecule has 0 spiro atoms. The highest BCUT2D eigenvalue weighted by Crippen LogP contribution is 2.17. The summed E-state index contributed by atoms with van der Waals surface area (Å²) in [5, 5.41) is 17.9. The minimum atomic E-state index is -0.423. The molecule has 136 valence electrons. The van der Waals surface area contributed by atoms with E-state index in [0.29, 0.717) is 31.6 Å². The molecule has 0 aliphatic carbocycles. The third-order valence-corrected chi connectivity index (χ3v) is 4.59. The third-order valence-electron chi connectivity index (χ3n) is 4.59. The number of amides is 3. The highest BCUT2D eigenvalue weighted by Gasteiger charge is 2.30. The molecule has 3 unspecified atom stereocenters. The molecule has 0 saturated carbocycles. The van der Waals surface area contributed by atoms with Crippen LogP contribution in [0.4, 0.5) is 0 Å². The number of carbonyl (C=O) groups is 3. The number of hydrogen-bond donors (Lipinski definition) is 4. The minimum absolute atomic E-state index is 0. The Morgan fingerprint density at radius 2 is 1.92 bits per heavy atom. The van der Waals surface area contributed by atoms with Crippen molar-refractivity contribution in [2.45, 2.75) is 18.9 Å². The molecule has 1 aromatic carbocycles. The zero-order valence-corrected chi connectivity index (χ0v) is 14.5. The highest BCUT2D eigenvalue weighted by atomic mass is 35.5. The van der Waals surface area contributed by atoms with Crippen LogP contribution in [0.25, 0.3) is 0 Å². The Morgan fingerprint density at radius 1 is 1.20 bits per heavy atom. The summed E-state index contributed by atoms with van der Waals surface area (Å²) in [5.41, 5.74) is 1.45. The first-order valence-corrected chi connectivity index (χ1v) is 8.12. The topological polar surface area (TPSA) is 108 Å². The van der Waals surface area contributed by atoms with Gasteiger partial charge in [-0.05, 0) is 24.1 Å². The second-order valence-electron chi connectivity index (χ2n) is 6.41. The Balaban J connectivity index is 0.00000225. The Bertz CT molecular complexity index is 650. The van der Waals surface area contributed by atoms with Crippen molar-refractivity contribution in [3.8, 4) is 0 Å². The molecule has 1 aromatic rings. The first kappa shape index (κ1) is 19.4. The van der Waals surface area contributed by atoms with Crippen LogP contribution in [0.1, 0.15) is 22.3 Å². The molecular formula is C17H22ClN3O4. The Morgan fingerprint density at radius 3 is 2.48 bits per heavy atom. The quantitative estimate of drug-likeness (QED) is 0.531. The Labute approximate surface area is 152 Å². The van der Waals surface area contributed by atoms with Crippen LogP contribution in [-0.4, -0.2) is 48.6 Å². The van der Waals surface area contributed by atoms with Crippen molar-refractivity contribution in [2.75, 3.05) is 19.6 Å². The monoisotopic (exact) mass is 367 g/mol. The molecule has 3 rings (SSSR count). The maximum Gasteiger partial charge on any atom is 0.251 e. The van der Waals surface area contributed by atoms with Crippen LogP contribution in [0, 0.1) is 11.8 Å². The summed E-state index contributed by atoms with van der Waals surface area (Å²) in [6.07, 6.45) is 0.283. The summed E-state index contributed by atoms with van der Waals surface area (Å²) in [6.45, 7) is 1.69. The van der Waals surface area contributed by atoms with Gasteiger partial charge in [-0.2, -0.15) is 0 Å². The largest absolute Gasteiger partial charge is 0.391 e. The van der Waals surface area contributed by atoms with Crippen LogP contribution >= 0.6 is 12.4 Å². The van der Waals surface area contributed by atoms with Crippen LogP contribution in [0.2, 0.25) is 0 Å². The van der Waals surface area contributed by atoms with Crippen molar-refractivity contribution in [1.82, 2.24) is 16.0 Å². The van der Waals surface area contributed by atoms with Crippen LogP contribution in [0.5, 0.6) is 0 Å². The van der Waals surface area contributed by atoms with Gasteiger partial charge in [0.05, 0.1) is 12.0 Å². The van der Waals surface area contributed by atoms with Crippen molar-refractivity contribution in [1.29, 1.82) is 0 Å². The number of β-amino-alcohol motifs (C(OH)–C–C–N with tert-alkyl or cyclic N) is 1. The Hall–Kier alpha value is -1.96. The first-order valence-electron chi connectivity index (χ1n) is 8.12. The zero-order chi connectivity index (χ0) is 17.1. The maximum absolute atomic E-state index is 12.1.